The minimum atomic E-state index is 0.203. The molecule has 5 nitrogen and oxygen atoms in total. The molecule has 4 rings (SSSR count). The Kier molecular flexibility index (Phi) is 3.27. The summed E-state index contributed by atoms with van der Waals surface area (Å²) in [5.41, 5.74) is 0.834. The highest BCUT2D eigenvalue weighted by Crippen LogP contribution is 2.26. The van der Waals surface area contributed by atoms with Gasteiger partial charge in [0.2, 0.25) is 5.90 Å². The first-order chi connectivity index (χ1) is 10.4. The molecule has 3 atom stereocenters. The molecule has 3 aliphatic rings. The molecule has 3 aliphatic heterocycles. The fraction of sp³-hybridized carbons (Fsp3) is 0.438. The van der Waals surface area contributed by atoms with Gasteiger partial charge in [-0.1, -0.05) is 12.1 Å². The average Bonchev–Trinajstić information content (AvgIpc) is 2.99. The molecule has 1 fully saturated rings. The Morgan fingerprint density at radius 3 is 3.10 bits per heavy atom. The lowest BCUT2D eigenvalue weighted by molar-refractivity contribution is 0.0870. The van der Waals surface area contributed by atoms with E-state index in [4.69, 9.17) is 9.73 Å². The number of hydrogen-bond acceptors (Lipinski definition) is 5. The quantitative estimate of drug-likeness (QED) is 0.829. The zero-order chi connectivity index (χ0) is 14.1. The topological polar surface area (TPSA) is 50.1 Å². The number of piperidine rings is 1. The number of fused-ring (bicyclic) bond motifs is 1. The van der Waals surface area contributed by atoms with Crippen LogP contribution in [0.2, 0.25) is 0 Å². The third-order valence-electron chi connectivity index (χ3n) is 4.28. The highest BCUT2D eigenvalue weighted by molar-refractivity contribution is 5.93. The first-order valence-corrected chi connectivity index (χ1v) is 7.48. The molecule has 0 radical (unpaired) electrons. The largest absolute Gasteiger partial charge is 0.471 e. The van der Waals surface area contributed by atoms with E-state index in [1.165, 1.54) is 0 Å². The Balaban J connectivity index is 1.48. The summed E-state index contributed by atoms with van der Waals surface area (Å²) in [4.78, 5) is 15.8. The summed E-state index contributed by atoms with van der Waals surface area (Å²) in [6, 6.07) is 6.45. The van der Waals surface area contributed by atoms with Gasteiger partial charge in [0.15, 0.2) is 0 Å². The maximum atomic E-state index is 6.00. The van der Waals surface area contributed by atoms with Gasteiger partial charge in [-0.15, -0.1) is 0 Å². The van der Waals surface area contributed by atoms with Crippen LogP contribution >= 0.6 is 0 Å². The molecule has 0 bridgehead atoms. The molecule has 21 heavy (non-hydrogen) atoms. The van der Waals surface area contributed by atoms with Crippen molar-refractivity contribution in [1.82, 2.24) is 9.88 Å². The van der Waals surface area contributed by atoms with Crippen LogP contribution in [0.25, 0.3) is 0 Å². The van der Waals surface area contributed by atoms with Crippen molar-refractivity contribution in [2.24, 2.45) is 9.98 Å². The van der Waals surface area contributed by atoms with Crippen molar-refractivity contribution in [3.8, 4) is 0 Å². The lowest BCUT2D eigenvalue weighted by Crippen LogP contribution is -2.49. The van der Waals surface area contributed by atoms with E-state index in [0.717, 1.165) is 31.6 Å². The SMILES string of the molecule is C1=CN=CC(N2CCC3OC(c4ccccn4)=NC3C2)C1. The van der Waals surface area contributed by atoms with Gasteiger partial charge in [0.25, 0.3) is 0 Å². The van der Waals surface area contributed by atoms with Crippen molar-refractivity contribution in [3.63, 3.8) is 0 Å². The van der Waals surface area contributed by atoms with Crippen LogP contribution < -0.4 is 0 Å². The fourth-order valence-electron chi connectivity index (χ4n) is 3.15. The zero-order valence-electron chi connectivity index (χ0n) is 11.8. The van der Waals surface area contributed by atoms with Gasteiger partial charge in [0.1, 0.15) is 17.8 Å². The summed E-state index contributed by atoms with van der Waals surface area (Å²) < 4.78 is 6.00. The van der Waals surface area contributed by atoms with E-state index in [2.05, 4.69) is 21.0 Å². The highest BCUT2D eigenvalue weighted by atomic mass is 16.5. The second-order valence-corrected chi connectivity index (χ2v) is 5.64. The number of likely N-dealkylation sites (tertiary alicyclic amines) is 1. The smallest absolute Gasteiger partial charge is 0.236 e. The van der Waals surface area contributed by atoms with Crippen LogP contribution in [0.5, 0.6) is 0 Å². The summed E-state index contributed by atoms with van der Waals surface area (Å²) in [6.45, 7) is 1.97. The van der Waals surface area contributed by atoms with Crippen LogP contribution in [0.1, 0.15) is 18.5 Å². The maximum Gasteiger partial charge on any atom is 0.236 e. The first-order valence-electron chi connectivity index (χ1n) is 7.48. The van der Waals surface area contributed by atoms with Gasteiger partial charge < -0.3 is 4.74 Å². The van der Waals surface area contributed by atoms with Gasteiger partial charge in [-0.25, -0.2) is 4.99 Å². The molecule has 0 amide bonds. The molecule has 0 spiro atoms. The maximum absolute atomic E-state index is 6.00. The van der Waals surface area contributed by atoms with Crippen LogP contribution in [0.3, 0.4) is 0 Å². The fourth-order valence-corrected chi connectivity index (χ4v) is 3.15. The van der Waals surface area contributed by atoms with Gasteiger partial charge >= 0.3 is 0 Å². The van der Waals surface area contributed by atoms with Crippen LogP contribution in [0.15, 0.2) is 46.7 Å². The van der Waals surface area contributed by atoms with E-state index in [1.807, 2.05) is 30.6 Å². The van der Waals surface area contributed by atoms with Crippen LogP contribution in [0.4, 0.5) is 0 Å². The molecule has 0 aromatic carbocycles. The molecule has 5 heteroatoms. The summed E-state index contributed by atoms with van der Waals surface area (Å²) >= 11 is 0. The number of aromatic nitrogens is 1. The first kappa shape index (κ1) is 12.7. The lowest BCUT2D eigenvalue weighted by atomic mass is 10.0. The van der Waals surface area contributed by atoms with E-state index in [1.54, 1.807) is 6.20 Å². The molecule has 1 saturated heterocycles. The standard InChI is InChI=1S/C16H18N4O/c1-2-8-18-13(5-1)16-19-14-11-20(9-6-15(14)21-16)12-4-3-7-17-10-12/h1-3,5,7-8,10,12,14-15H,4,6,9,11H2. The lowest BCUT2D eigenvalue weighted by Gasteiger charge is -2.36. The van der Waals surface area contributed by atoms with E-state index in [9.17, 15) is 0 Å². The van der Waals surface area contributed by atoms with Crippen LogP contribution in [-0.2, 0) is 4.74 Å². The summed E-state index contributed by atoms with van der Waals surface area (Å²) in [5, 5.41) is 0. The van der Waals surface area contributed by atoms with E-state index >= 15 is 0 Å². The second kappa shape index (κ2) is 5.41. The Labute approximate surface area is 124 Å². The molecule has 1 aromatic heterocycles. The Bertz CT molecular complexity index is 596. The van der Waals surface area contributed by atoms with Gasteiger partial charge in [0.05, 0.1) is 0 Å². The third-order valence-corrected chi connectivity index (χ3v) is 4.28. The van der Waals surface area contributed by atoms with Crippen molar-refractivity contribution in [3.05, 3.63) is 42.4 Å². The predicted molar refractivity (Wildman–Crippen MR) is 81.7 cm³/mol. The van der Waals surface area contributed by atoms with Crippen molar-refractivity contribution in [1.29, 1.82) is 0 Å². The monoisotopic (exact) mass is 282 g/mol. The van der Waals surface area contributed by atoms with E-state index in [-0.39, 0.29) is 12.1 Å². The van der Waals surface area contributed by atoms with E-state index < -0.39 is 0 Å². The Hall–Kier alpha value is -2.01. The normalized spacial score (nSPS) is 31.6. The average molecular weight is 282 g/mol. The van der Waals surface area contributed by atoms with Crippen molar-refractivity contribution in [2.45, 2.75) is 31.0 Å². The zero-order valence-corrected chi connectivity index (χ0v) is 11.8. The molecule has 0 N–H and O–H groups in total. The number of nitrogens with zero attached hydrogens (tertiary/aromatic N) is 4. The summed E-state index contributed by atoms with van der Waals surface area (Å²) in [6.07, 6.45) is 10.1. The van der Waals surface area contributed by atoms with Gasteiger partial charge in [-0.05, 0) is 25.0 Å². The molecular formula is C16H18N4O. The number of rotatable bonds is 2. The summed E-state index contributed by atoms with van der Waals surface area (Å²) in [5.74, 6) is 0.699. The predicted octanol–water partition coefficient (Wildman–Crippen LogP) is 1.66. The number of hydrogen-bond donors (Lipinski definition) is 0. The number of aliphatic imine (C=N–C) groups is 2. The van der Waals surface area contributed by atoms with Crippen molar-refractivity contribution in [2.75, 3.05) is 13.1 Å². The molecule has 108 valence electrons. The molecule has 1 aromatic rings. The molecule has 0 saturated carbocycles. The second-order valence-electron chi connectivity index (χ2n) is 5.64. The molecule has 0 aliphatic carbocycles. The van der Waals surface area contributed by atoms with Gasteiger partial charge in [0, 0.05) is 37.7 Å². The number of pyridine rings is 1. The van der Waals surface area contributed by atoms with Crippen molar-refractivity contribution >= 4 is 12.1 Å². The molecular weight excluding hydrogens is 264 g/mol. The van der Waals surface area contributed by atoms with Gasteiger partial charge in [-0.2, -0.15) is 0 Å². The molecule has 3 unspecified atom stereocenters. The van der Waals surface area contributed by atoms with Crippen LogP contribution in [0, 0.1) is 0 Å². The third kappa shape index (κ3) is 2.49. The Morgan fingerprint density at radius 1 is 1.29 bits per heavy atom. The Morgan fingerprint density at radius 2 is 2.29 bits per heavy atom. The minimum Gasteiger partial charge on any atom is -0.471 e. The minimum absolute atomic E-state index is 0.203. The van der Waals surface area contributed by atoms with Crippen LogP contribution in [-0.4, -0.2) is 53.3 Å². The number of ether oxygens (including phenoxy) is 1. The van der Waals surface area contributed by atoms with E-state index in [0.29, 0.717) is 11.9 Å². The highest BCUT2D eigenvalue weighted by Gasteiger charge is 2.38. The summed E-state index contributed by atoms with van der Waals surface area (Å²) in [7, 11) is 0. The molecule has 4 heterocycles. The van der Waals surface area contributed by atoms with Gasteiger partial charge in [-0.3, -0.25) is 14.9 Å². The van der Waals surface area contributed by atoms with Crippen molar-refractivity contribution < 1.29 is 4.74 Å².